The highest BCUT2D eigenvalue weighted by Gasteiger charge is 2.25. The first-order valence-electron chi connectivity index (χ1n) is 7.02. The van der Waals surface area contributed by atoms with Gasteiger partial charge in [0.1, 0.15) is 5.69 Å². The maximum absolute atomic E-state index is 12.1. The average Bonchev–Trinajstić information content (AvgIpc) is 2.91. The minimum atomic E-state index is -0.586. The third-order valence-electron chi connectivity index (χ3n) is 3.26. The maximum atomic E-state index is 12.1. The highest BCUT2D eigenvalue weighted by Crippen LogP contribution is 2.34. The van der Waals surface area contributed by atoms with Crippen molar-refractivity contribution < 1.29 is 9.72 Å². The van der Waals surface area contributed by atoms with Crippen LogP contribution in [0.1, 0.15) is 5.56 Å². The molecule has 0 saturated carbocycles. The van der Waals surface area contributed by atoms with Gasteiger partial charge in [-0.2, -0.15) is 0 Å². The van der Waals surface area contributed by atoms with Crippen LogP contribution in [0.15, 0.2) is 46.3 Å². The number of rotatable bonds is 3. The number of benzene rings is 2. The molecule has 1 saturated heterocycles. The molecule has 2 aromatic carbocycles. The van der Waals surface area contributed by atoms with Gasteiger partial charge in [0.05, 0.1) is 9.83 Å². The molecular weight excluding hydrogens is 421 g/mol. The molecule has 10 heteroatoms. The smallest absolute Gasteiger partial charge is 0.296 e. The molecule has 0 unspecified atom stereocenters. The fourth-order valence-corrected chi connectivity index (χ4v) is 3.54. The lowest BCUT2D eigenvalue weighted by Crippen LogP contribution is -2.19. The lowest BCUT2D eigenvalue weighted by atomic mass is 10.2. The molecule has 26 heavy (non-hydrogen) atoms. The Labute approximate surface area is 167 Å². The molecule has 1 heterocycles. The number of carbonyl (C=O) groups excluding carboxylic acids is 1. The van der Waals surface area contributed by atoms with Gasteiger partial charge in [0.25, 0.3) is 11.6 Å². The number of hydrogen-bond donors (Lipinski definition) is 1. The molecule has 0 aliphatic carbocycles. The Bertz CT molecular complexity index is 992. The molecule has 0 spiro atoms. The molecule has 0 aromatic heterocycles. The Kier molecular flexibility index (Phi) is 5.52. The molecule has 0 bridgehead atoms. The van der Waals surface area contributed by atoms with E-state index < -0.39 is 4.92 Å². The maximum Gasteiger partial charge on any atom is 0.296 e. The van der Waals surface area contributed by atoms with Crippen LogP contribution < -0.4 is 5.32 Å². The Morgan fingerprint density at radius 1 is 1.12 bits per heavy atom. The van der Waals surface area contributed by atoms with E-state index in [2.05, 4.69) is 10.3 Å². The van der Waals surface area contributed by atoms with Gasteiger partial charge in [-0.1, -0.05) is 40.9 Å². The van der Waals surface area contributed by atoms with Gasteiger partial charge in [0, 0.05) is 21.1 Å². The zero-order valence-electron chi connectivity index (χ0n) is 12.7. The normalized spacial score (nSPS) is 17.0. The first kappa shape index (κ1) is 18.7. The SMILES string of the molecule is O=C1NC(=Nc2ccc(Cl)cc2[N+](=O)[O-])S/C1=C/c1ccc(Cl)cc1Cl. The molecule has 3 rings (SSSR count). The average molecular weight is 429 g/mol. The topological polar surface area (TPSA) is 84.6 Å². The fourth-order valence-electron chi connectivity index (χ4n) is 2.09. The predicted octanol–water partition coefficient (Wildman–Crippen LogP) is 5.45. The predicted molar refractivity (Wildman–Crippen MR) is 105 cm³/mol. The summed E-state index contributed by atoms with van der Waals surface area (Å²) in [5.41, 5.74) is 0.457. The van der Waals surface area contributed by atoms with E-state index in [-0.39, 0.29) is 27.5 Å². The van der Waals surface area contributed by atoms with Crippen molar-refractivity contribution in [1.82, 2.24) is 5.32 Å². The number of thioether (sulfide) groups is 1. The molecule has 0 atom stereocenters. The highest BCUT2D eigenvalue weighted by molar-refractivity contribution is 8.18. The molecule has 1 N–H and O–H groups in total. The van der Waals surface area contributed by atoms with E-state index in [1.807, 2.05) is 0 Å². The van der Waals surface area contributed by atoms with Crippen LogP contribution in [-0.2, 0) is 4.79 Å². The quantitative estimate of drug-likeness (QED) is 0.400. The van der Waals surface area contributed by atoms with Crippen molar-refractivity contribution in [3.05, 3.63) is 72.0 Å². The number of halogens is 3. The van der Waals surface area contributed by atoms with Gasteiger partial charge in [-0.15, -0.1) is 0 Å². The second-order valence-electron chi connectivity index (χ2n) is 5.04. The van der Waals surface area contributed by atoms with Crippen molar-refractivity contribution >= 4 is 75.1 Å². The number of aliphatic imine (C=N–C) groups is 1. The van der Waals surface area contributed by atoms with Crippen LogP contribution in [0.3, 0.4) is 0 Å². The van der Waals surface area contributed by atoms with Gasteiger partial charge in [-0.25, -0.2) is 4.99 Å². The van der Waals surface area contributed by atoms with Crippen molar-refractivity contribution in [1.29, 1.82) is 0 Å². The number of amidine groups is 1. The molecule has 2 aromatic rings. The van der Waals surface area contributed by atoms with Crippen LogP contribution in [-0.4, -0.2) is 16.0 Å². The third-order valence-corrected chi connectivity index (χ3v) is 4.96. The van der Waals surface area contributed by atoms with Gasteiger partial charge < -0.3 is 5.32 Å². The second kappa shape index (κ2) is 7.67. The summed E-state index contributed by atoms with van der Waals surface area (Å²) in [4.78, 5) is 27.2. The zero-order valence-corrected chi connectivity index (χ0v) is 15.8. The van der Waals surface area contributed by atoms with Crippen molar-refractivity contribution in [3.63, 3.8) is 0 Å². The number of nitro groups is 1. The number of nitrogens with one attached hydrogen (secondary N) is 1. The summed E-state index contributed by atoms with van der Waals surface area (Å²) in [7, 11) is 0. The van der Waals surface area contributed by atoms with Gasteiger partial charge in [-0.3, -0.25) is 14.9 Å². The van der Waals surface area contributed by atoms with Crippen molar-refractivity contribution in [2.45, 2.75) is 0 Å². The minimum Gasteiger partial charge on any atom is -0.300 e. The van der Waals surface area contributed by atoms with Crippen LogP contribution in [0.4, 0.5) is 11.4 Å². The van der Waals surface area contributed by atoms with E-state index in [0.29, 0.717) is 20.5 Å². The van der Waals surface area contributed by atoms with Crippen molar-refractivity contribution in [2.24, 2.45) is 4.99 Å². The van der Waals surface area contributed by atoms with Crippen molar-refractivity contribution in [2.75, 3.05) is 0 Å². The molecule has 1 aliphatic heterocycles. The number of amides is 1. The van der Waals surface area contributed by atoms with Crippen LogP contribution in [0.2, 0.25) is 15.1 Å². The van der Waals surface area contributed by atoms with E-state index in [4.69, 9.17) is 34.8 Å². The van der Waals surface area contributed by atoms with Crippen LogP contribution in [0.25, 0.3) is 6.08 Å². The van der Waals surface area contributed by atoms with Crippen LogP contribution in [0.5, 0.6) is 0 Å². The molecule has 1 aliphatic rings. The summed E-state index contributed by atoms with van der Waals surface area (Å²) >= 11 is 18.8. The summed E-state index contributed by atoms with van der Waals surface area (Å²) in [6, 6.07) is 9.01. The molecule has 0 radical (unpaired) electrons. The van der Waals surface area contributed by atoms with Gasteiger partial charge >= 0.3 is 0 Å². The highest BCUT2D eigenvalue weighted by atomic mass is 35.5. The number of nitrogens with zero attached hydrogens (tertiary/aromatic N) is 2. The summed E-state index contributed by atoms with van der Waals surface area (Å²) in [6.07, 6.45) is 1.59. The molecular formula is C16H8Cl3N3O3S. The van der Waals surface area contributed by atoms with E-state index in [9.17, 15) is 14.9 Å². The fraction of sp³-hybridized carbons (Fsp3) is 0. The zero-order chi connectivity index (χ0) is 18.8. The Balaban J connectivity index is 1.92. The Hall–Kier alpha value is -2.06. The Morgan fingerprint density at radius 3 is 2.50 bits per heavy atom. The Morgan fingerprint density at radius 2 is 1.81 bits per heavy atom. The van der Waals surface area contributed by atoms with Crippen molar-refractivity contribution in [3.8, 4) is 0 Å². The van der Waals surface area contributed by atoms with E-state index in [1.165, 1.54) is 18.2 Å². The first-order valence-corrected chi connectivity index (χ1v) is 8.97. The summed E-state index contributed by atoms with van der Waals surface area (Å²) < 4.78 is 0. The van der Waals surface area contributed by atoms with Crippen LogP contribution >= 0.6 is 46.6 Å². The summed E-state index contributed by atoms with van der Waals surface area (Å²) in [6.45, 7) is 0. The second-order valence-corrected chi connectivity index (χ2v) is 7.35. The number of nitro benzene ring substituents is 1. The van der Waals surface area contributed by atoms with E-state index in [1.54, 1.807) is 24.3 Å². The largest absolute Gasteiger partial charge is 0.300 e. The lowest BCUT2D eigenvalue weighted by molar-refractivity contribution is -0.384. The van der Waals surface area contributed by atoms with E-state index in [0.717, 1.165) is 11.8 Å². The molecule has 1 fully saturated rings. The summed E-state index contributed by atoms with van der Waals surface area (Å²) in [5, 5.41) is 15.0. The number of hydrogen-bond acceptors (Lipinski definition) is 5. The van der Waals surface area contributed by atoms with Crippen LogP contribution in [0, 0.1) is 10.1 Å². The van der Waals surface area contributed by atoms with Gasteiger partial charge in [0.15, 0.2) is 5.17 Å². The molecule has 1 amide bonds. The van der Waals surface area contributed by atoms with E-state index >= 15 is 0 Å². The lowest BCUT2D eigenvalue weighted by Gasteiger charge is -2.00. The number of carbonyl (C=O) groups is 1. The molecule has 132 valence electrons. The summed E-state index contributed by atoms with van der Waals surface area (Å²) in [5.74, 6) is -0.378. The van der Waals surface area contributed by atoms with Gasteiger partial charge in [0.2, 0.25) is 0 Å². The minimum absolute atomic E-state index is 0.0907. The van der Waals surface area contributed by atoms with Gasteiger partial charge in [-0.05, 0) is 47.7 Å². The molecule has 6 nitrogen and oxygen atoms in total. The standard InChI is InChI=1S/C16H8Cl3N3O3S/c17-9-2-1-8(11(19)6-9)5-14-15(23)21-16(26-14)20-12-4-3-10(18)7-13(12)22(24)25/h1-7H,(H,20,21,23)/b14-5+. The first-order chi connectivity index (χ1) is 12.3. The monoisotopic (exact) mass is 427 g/mol. The third kappa shape index (κ3) is 4.19.